The van der Waals surface area contributed by atoms with Gasteiger partial charge in [0.1, 0.15) is 11.5 Å². The average Bonchev–Trinajstić information content (AvgIpc) is 2.52. The summed E-state index contributed by atoms with van der Waals surface area (Å²) in [6, 6.07) is 5.55. The number of hydrogen-bond donors (Lipinski definition) is 2. The van der Waals surface area contributed by atoms with E-state index in [4.69, 9.17) is 0 Å². The van der Waals surface area contributed by atoms with E-state index >= 15 is 0 Å². The van der Waals surface area contributed by atoms with E-state index in [0.717, 1.165) is 25.3 Å². The summed E-state index contributed by atoms with van der Waals surface area (Å²) < 4.78 is 0. The highest BCUT2D eigenvalue weighted by molar-refractivity contribution is 5.92. The number of pyridine rings is 1. The third-order valence-electron chi connectivity index (χ3n) is 4.35. The maximum Gasteiger partial charge on any atom is 0.269 e. The highest BCUT2D eigenvalue weighted by Crippen LogP contribution is 2.28. The molecule has 1 amide bonds. The lowest BCUT2D eigenvalue weighted by Crippen LogP contribution is -2.33. The molecule has 4 nitrogen and oxygen atoms in total. The zero-order valence-corrected chi connectivity index (χ0v) is 13.2. The minimum Gasteiger partial charge on any atom is -0.370 e. The van der Waals surface area contributed by atoms with Crippen LogP contribution in [0.2, 0.25) is 0 Å². The molecule has 0 aliphatic heterocycles. The number of rotatable bonds is 6. The van der Waals surface area contributed by atoms with Crippen LogP contribution in [-0.4, -0.2) is 24.0 Å². The van der Waals surface area contributed by atoms with E-state index in [1.807, 2.05) is 12.1 Å². The normalized spacial score (nSPS) is 21.8. The van der Waals surface area contributed by atoms with Crippen molar-refractivity contribution >= 4 is 11.7 Å². The second-order valence-electron chi connectivity index (χ2n) is 6.07. The molecule has 1 aromatic rings. The maximum absolute atomic E-state index is 12.2. The van der Waals surface area contributed by atoms with Crippen LogP contribution in [-0.2, 0) is 0 Å². The summed E-state index contributed by atoms with van der Waals surface area (Å²) in [4.78, 5) is 16.6. The standard InChI is InChI=1S/C17H27N3O/c1-3-11-18-16-10-6-9-15(20-16)17(21)19-12-14-8-5-4-7-13(14)2/h6,9-10,13-14H,3-5,7-8,11-12H2,1-2H3,(H,18,20)(H,19,21). The van der Waals surface area contributed by atoms with Crippen LogP contribution in [0, 0.1) is 11.8 Å². The molecule has 2 rings (SSSR count). The van der Waals surface area contributed by atoms with Gasteiger partial charge in [-0.05, 0) is 36.8 Å². The number of hydrogen-bond acceptors (Lipinski definition) is 3. The summed E-state index contributed by atoms with van der Waals surface area (Å²) in [5, 5.41) is 6.26. The predicted octanol–water partition coefficient (Wildman–Crippen LogP) is 3.46. The van der Waals surface area contributed by atoms with Gasteiger partial charge in [-0.15, -0.1) is 0 Å². The molecule has 0 aromatic carbocycles. The quantitative estimate of drug-likeness (QED) is 0.843. The third-order valence-corrected chi connectivity index (χ3v) is 4.35. The van der Waals surface area contributed by atoms with Gasteiger partial charge >= 0.3 is 0 Å². The Labute approximate surface area is 127 Å². The molecular formula is C17H27N3O. The highest BCUT2D eigenvalue weighted by atomic mass is 16.1. The highest BCUT2D eigenvalue weighted by Gasteiger charge is 2.22. The fraction of sp³-hybridized carbons (Fsp3) is 0.647. The van der Waals surface area contributed by atoms with Crippen molar-refractivity contribution in [2.24, 2.45) is 11.8 Å². The minimum absolute atomic E-state index is 0.0621. The van der Waals surface area contributed by atoms with Gasteiger partial charge in [0.25, 0.3) is 5.91 Å². The van der Waals surface area contributed by atoms with Crippen molar-refractivity contribution < 1.29 is 4.79 Å². The summed E-state index contributed by atoms with van der Waals surface area (Å²) in [6.07, 6.45) is 6.18. The third kappa shape index (κ3) is 4.73. The van der Waals surface area contributed by atoms with E-state index in [1.54, 1.807) is 6.07 Å². The van der Waals surface area contributed by atoms with Gasteiger partial charge < -0.3 is 10.6 Å². The van der Waals surface area contributed by atoms with Gasteiger partial charge in [0.05, 0.1) is 0 Å². The van der Waals surface area contributed by atoms with Gasteiger partial charge in [-0.3, -0.25) is 4.79 Å². The molecule has 0 spiro atoms. The number of nitrogens with one attached hydrogen (secondary N) is 2. The first-order valence-corrected chi connectivity index (χ1v) is 8.19. The van der Waals surface area contributed by atoms with Gasteiger partial charge in [0, 0.05) is 13.1 Å². The summed E-state index contributed by atoms with van der Waals surface area (Å²) in [5.41, 5.74) is 0.500. The van der Waals surface area contributed by atoms with Crippen LogP contribution < -0.4 is 10.6 Å². The van der Waals surface area contributed by atoms with Gasteiger partial charge in [-0.1, -0.05) is 39.2 Å². The summed E-state index contributed by atoms with van der Waals surface area (Å²) in [5.74, 6) is 2.04. The first kappa shape index (κ1) is 15.8. The van der Waals surface area contributed by atoms with Crippen molar-refractivity contribution in [1.82, 2.24) is 10.3 Å². The molecule has 2 unspecified atom stereocenters. The molecule has 1 heterocycles. The van der Waals surface area contributed by atoms with Crippen molar-refractivity contribution in [3.8, 4) is 0 Å². The molecule has 0 radical (unpaired) electrons. The molecule has 0 bridgehead atoms. The van der Waals surface area contributed by atoms with E-state index in [9.17, 15) is 4.79 Å². The Balaban J connectivity index is 1.87. The number of amides is 1. The van der Waals surface area contributed by atoms with Crippen molar-refractivity contribution in [2.45, 2.75) is 46.0 Å². The fourth-order valence-corrected chi connectivity index (χ4v) is 2.92. The van der Waals surface area contributed by atoms with Gasteiger partial charge in [-0.2, -0.15) is 0 Å². The summed E-state index contributed by atoms with van der Waals surface area (Å²) in [7, 11) is 0. The number of carbonyl (C=O) groups is 1. The topological polar surface area (TPSA) is 54.0 Å². The summed E-state index contributed by atoms with van der Waals surface area (Å²) in [6.45, 7) is 6.05. The first-order chi connectivity index (χ1) is 10.2. The Bertz CT molecular complexity index is 461. The molecule has 2 N–H and O–H groups in total. The molecule has 1 aromatic heterocycles. The van der Waals surface area contributed by atoms with Crippen LogP contribution in [0.5, 0.6) is 0 Å². The second-order valence-corrected chi connectivity index (χ2v) is 6.07. The van der Waals surface area contributed by atoms with E-state index in [2.05, 4.69) is 29.5 Å². The Morgan fingerprint density at radius 3 is 2.90 bits per heavy atom. The van der Waals surface area contributed by atoms with Crippen LogP contribution in [0.4, 0.5) is 5.82 Å². The SMILES string of the molecule is CCCNc1cccc(C(=O)NCC2CCCCC2C)n1. The molecule has 21 heavy (non-hydrogen) atoms. The van der Waals surface area contributed by atoms with E-state index in [1.165, 1.54) is 25.7 Å². The number of nitrogens with zero attached hydrogens (tertiary/aromatic N) is 1. The monoisotopic (exact) mass is 289 g/mol. The van der Waals surface area contributed by atoms with Gasteiger partial charge in [0.15, 0.2) is 0 Å². The molecule has 116 valence electrons. The lowest BCUT2D eigenvalue weighted by molar-refractivity contribution is 0.0931. The lowest BCUT2D eigenvalue weighted by atomic mass is 9.80. The lowest BCUT2D eigenvalue weighted by Gasteiger charge is -2.28. The molecule has 2 atom stereocenters. The average molecular weight is 289 g/mol. The Kier molecular flexibility index (Phi) is 6.03. The van der Waals surface area contributed by atoms with Crippen LogP contribution in [0.15, 0.2) is 18.2 Å². The Morgan fingerprint density at radius 2 is 2.14 bits per heavy atom. The smallest absolute Gasteiger partial charge is 0.269 e. The van der Waals surface area contributed by atoms with Crippen molar-refractivity contribution in [1.29, 1.82) is 0 Å². The van der Waals surface area contributed by atoms with Crippen molar-refractivity contribution in [2.75, 3.05) is 18.4 Å². The number of anilines is 1. The Hall–Kier alpha value is -1.58. The second kappa shape index (κ2) is 8.01. The van der Waals surface area contributed by atoms with Crippen LogP contribution in [0.3, 0.4) is 0 Å². The predicted molar refractivity (Wildman–Crippen MR) is 86.5 cm³/mol. The zero-order chi connectivity index (χ0) is 15.1. The molecule has 1 aliphatic carbocycles. The molecule has 0 saturated heterocycles. The van der Waals surface area contributed by atoms with Crippen LogP contribution in [0.1, 0.15) is 56.4 Å². The largest absolute Gasteiger partial charge is 0.370 e. The van der Waals surface area contributed by atoms with Crippen molar-refractivity contribution in [3.05, 3.63) is 23.9 Å². The molecule has 1 fully saturated rings. The fourth-order valence-electron chi connectivity index (χ4n) is 2.92. The number of aromatic nitrogens is 1. The first-order valence-electron chi connectivity index (χ1n) is 8.19. The minimum atomic E-state index is -0.0621. The maximum atomic E-state index is 12.2. The molecular weight excluding hydrogens is 262 g/mol. The number of carbonyl (C=O) groups excluding carboxylic acids is 1. The molecule has 1 aliphatic rings. The summed E-state index contributed by atoms with van der Waals surface area (Å²) >= 11 is 0. The van der Waals surface area contributed by atoms with Crippen molar-refractivity contribution in [3.63, 3.8) is 0 Å². The van der Waals surface area contributed by atoms with E-state index in [-0.39, 0.29) is 5.91 Å². The van der Waals surface area contributed by atoms with E-state index < -0.39 is 0 Å². The Morgan fingerprint density at radius 1 is 1.33 bits per heavy atom. The molecule has 4 heteroatoms. The van der Waals surface area contributed by atoms with Gasteiger partial charge in [-0.25, -0.2) is 4.98 Å². The van der Waals surface area contributed by atoms with Crippen LogP contribution in [0.25, 0.3) is 0 Å². The zero-order valence-electron chi connectivity index (χ0n) is 13.2. The molecule has 1 saturated carbocycles. The van der Waals surface area contributed by atoms with Crippen LogP contribution >= 0.6 is 0 Å². The van der Waals surface area contributed by atoms with E-state index in [0.29, 0.717) is 17.5 Å². The van der Waals surface area contributed by atoms with Gasteiger partial charge in [0.2, 0.25) is 0 Å².